The minimum Gasteiger partial charge on any atom is -0.485 e. The lowest BCUT2D eigenvalue weighted by molar-refractivity contribution is 0.272. The summed E-state index contributed by atoms with van der Waals surface area (Å²) in [7, 11) is 0. The number of fused-ring (bicyclic) bond motifs is 7. The second kappa shape index (κ2) is 16.8. The summed E-state index contributed by atoms with van der Waals surface area (Å²) in [6.07, 6.45) is 17.6. The second-order valence-corrected chi connectivity index (χ2v) is 16.1. The molecule has 5 heteroatoms. The van der Waals surface area contributed by atoms with E-state index >= 15 is 0 Å². The van der Waals surface area contributed by atoms with E-state index in [0.29, 0.717) is 17.7 Å². The van der Waals surface area contributed by atoms with Gasteiger partial charge < -0.3 is 20.3 Å². The first-order valence-electron chi connectivity index (χ1n) is 19.8. The molecule has 0 saturated carbocycles. The van der Waals surface area contributed by atoms with Crippen LogP contribution in [-0.4, -0.2) is 18.1 Å². The molecule has 3 N–H and O–H groups in total. The predicted molar refractivity (Wildman–Crippen MR) is 247 cm³/mol. The van der Waals surface area contributed by atoms with Gasteiger partial charge in [-0.05, 0) is 96.3 Å². The van der Waals surface area contributed by atoms with Gasteiger partial charge in [-0.3, -0.25) is 0 Å². The number of benzene rings is 5. The number of aryl methyl sites for hydroxylation is 1. The van der Waals surface area contributed by atoms with E-state index in [-0.39, 0.29) is 12.0 Å². The first-order chi connectivity index (χ1) is 28.5. The number of furan rings is 1. The van der Waals surface area contributed by atoms with Crippen LogP contribution in [0.15, 0.2) is 185 Å². The molecule has 58 heavy (non-hydrogen) atoms. The highest BCUT2D eigenvalue weighted by Crippen LogP contribution is 2.58. The first-order valence-corrected chi connectivity index (χ1v) is 20.7. The van der Waals surface area contributed by atoms with Gasteiger partial charge in [-0.15, -0.1) is 11.8 Å². The van der Waals surface area contributed by atoms with Gasteiger partial charge in [-0.1, -0.05) is 151 Å². The van der Waals surface area contributed by atoms with Crippen molar-refractivity contribution in [3.8, 4) is 16.9 Å². The van der Waals surface area contributed by atoms with E-state index in [1.807, 2.05) is 48.2 Å². The minimum atomic E-state index is 0.101. The Morgan fingerprint density at radius 1 is 0.810 bits per heavy atom. The molecule has 0 fully saturated rings. The van der Waals surface area contributed by atoms with E-state index in [9.17, 15) is 0 Å². The highest BCUT2D eigenvalue weighted by Gasteiger charge is 2.44. The number of ether oxygens (including phenoxy) is 1. The lowest BCUT2D eigenvalue weighted by Crippen LogP contribution is -2.23. The zero-order chi connectivity index (χ0) is 40.3. The molecule has 5 aromatic carbocycles. The van der Waals surface area contributed by atoms with Crippen molar-refractivity contribution in [2.24, 2.45) is 11.7 Å². The Hall–Kier alpha value is -6.14. The molecule has 4 unspecified atom stereocenters. The predicted octanol–water partition coefficient (Wildman–Crippen LogP) is 13.6. The van der Waals surface area contributed by atoms with Gasteiger partial charge in [0.1, 0.15) is 23.0 Å². The Bertz CT molecular complexity index is 2720. The van der Waals surface area contributed by atoms with Crippen LogP contribution < -0.4 is 10.5 Å². The van der Waals surface area contributed by atoms with Gasteiger partial charge in [-0.25, -0.2) is 0 Å². The van der Waals surface area contributed by atoms with Gasteiger partial charge in [-0.2, -0.15) is 0 Å². The van der Waals surface area contributed by atoms with Crippen LogP contribution in [0.1, 0.15) is 47.6 Å². The molecule has 288 valence electrons. The first kappa shape index (κ1) is 38.7. The fourth-order valence-corrected chi connectivity index (χ4v) is 10.3. The highest BCUT2D eigenvalue weighted by atomic mass is 32.2. The van der Waals surface area contributed by atoms with Crippen LogP contribution in [0.4, 0.5) is 0 Å². The zero-order valence-electron chi connectivity index (χ0n) is 33.2. The van der Waals surface area contributed by atoms with Crippen LogP contribution >= 0.6 is 11.8 Å². The van der Waals surface area contributed by atoms with Gasteiger partial charge >= 0.3 is 0 Å². The van der Waals surface area contributed by atoms with Crippen molar-refractivity contribution in [2.45, 2.75) is 44.6 Å². The smallest absolute Gasteiger partial charge is 0.135 e. The van der Waals surface area contributed by atoms with Crippen molar-refractivity contribution in [1.82, 2.24) is 0 Å². The van der Waals surface area contributed by atoms with E-state index in [2.05, 4.69) is 155 Å². The molecule has 0 spiro atoms. The molecule has 4 nitrogen and oxygen atoms in total. The van der Waals surface area contributed by atoms with E-state index in [1.54, 1.807) is 0 Å². The van der Waals surface area contributed by atoms with Crippen LogP contribution in [0.2, 0.25) is 0 Å². The Labute approximate surface area is 346 Å². The summed E-state index contributed by atoms with van der Waals surface area (Å²) < 4.78 is 12.1. The third-order valence-electron chi connectivity index (χ3n) is 11.5. The summed E-state index contributed by atoms with van der Waals surface area (Å²) in [5.74, 6) is 1.86. The molecule has 5 aliphatic rings. The van der Waals surface area contributed by atoms with Crippen LogP contribution in [0, 0.1) is 18.3 Å². The molecule has 11 rings (SSSR count). The summed E-state index contributed by atoms with van der Waals surface area (Å²) in [6, 6.07) is 38.3. The van der Waals surface area contributed by atoms with E-state index in [0.717, 1.165) is 33.3 Å². The van der Waals surface area contributed by atoms with Gasteiger partial charge in [0.2, 0.25) is 0 Å². The largest absolute Gasteiger partial charge is 0.485 e. The van der Waals surface area contributed by atoms with Crippen molar-refractivity contribution in [3.63, 3.8) is 0 Å². The quantitative estimate of drug-likeness (QED) is 0.175. The molecule has 0 radical (unpaired) electrons. The third-order valence-corrected chi connectivity index (χ3v) is 13.0. The van der Waals surface area contributed by atoms with Gasteiger partial charge in [0.15, 0.2) is 0 Å². The molecule has 1 aromatic heterocycles. The number of nitrogens with two attached hydrogens (primary N) is 1. The van der Waals surface area contributed by atoms with E-state index in [4.69, 9.17) is 20.3 Å². The monoisotopic (exact) mass is 776 g/mol. The SMILES string of the molecule is C=CC1=C(/C=C\C)SC2C(C)=CC=CC12.C=N.Cc1ccc(C2=C3c4ccccc4-c4cccc5c4C3C(C=C2)O5)cc1.NCc1ccc2c(c1)oc1ccccc12. The Balaban J connectivity index is 0.000000127. The number of hydrogen-bond acceptors (Lipinski definition) is 5. The van der Waals surface area contributed by atoms with Crippen LogP contribution in [-0.2, 0) is 6.54 Å². The van der Waals surface area contributed by atoms with Crippen molar-refractivity contribution < 1.29 is 9.15 Å². The van der Waals surface area contributed by atoms with Crippen molar-refractivity contribution in [2.75, 3.05) is 0 Å². The summed E-state index contributed by atoms with van der Waals surface area (Å²) >= 11 is 1.96. The van der Waals surface area contributed by atoms with Crippen LogP contribution in [0.25, 0.3) is 44.2 Å². The maximum absolute atomic E-state index is 6.32. The molecule has 0 amide bonds. The van der Waals surface area contributed by atoms with Gasteiger partial charge in [0.05, 0.1) is 5.92 Å². The molecule has 4 atom stereocenters. The molecular weight excluding hydrogens is 729 g/mol. The van der Waals surface area contributed by atoms with Gasteiger partial charge in [0, 0.05) is 39.0 Å². The van der Waals surface area contributed by atoms with Crippen molar-refractivity contribution in [1.29, 1.82) is 5.41 Å². The number of allylic oxidation sites excluding steroid dienone is 9. The molecule has 0 bridgehead atoms. The Kier molecular flexibility index (Phi) is 11.2. The molecule has 2 aliphatic heterocycles. The number of hydrogen-bond donors (Lipinski definition) is 2. The number of thioether (sulfide) groups is 1. The average Bonchev–Trinajstić information content (AvgIpc) is 3.96. The lowest BCUT2D eigenvalue weighted by Gasteiger charge is -2.32. The summed E-state index contributed by atoms with van der Waals surface area (Å²) in [5, 5.41) is 8.41. The standard InChI is InChI=1S/C25H18O.C14H16S.C13H11NO.CH3N/c1-15-9-11-16(12-10-15)17-13-14-22-25-23(17)19-6-3-2-5-18(19)20-7-4-8-21(26-22)24(20)25;1-4-7-13-11(5-2)12-9-6-8-10(3)14(12)15-13;14-8-9-5-6-11-10-3-1-2-4-12(10)15-13(11)7-9;1-2/h2-14,22,25H,1H3;4-9,12,14H,2H2,1,3H3;1-7H,8,14H2;2H,1H2/b;7-4-;;. The fourth-order valence-electron chi connectivity index (χ4n) is 8.77. The van der Waals surface area contributed by atoms with E-state index in [1.165, 1.54) is 60.6 Å². The van der Waals surface area contributed by atoms with Crippen molar-refractivity contribution >= 4 is 51.6 Å². The molecule has 3 aliphatic carbocycles. The zero-order valence-corrected chi connectivity index (χ0v) is 34.1. The average molecular weight is 777 g/mol. The normalized spacial score (nSPS) is 20.2. The molecular formula is C53H48N2O2S. The summed E-state index contributed by atoms with van der Waals surface area (Å²) in [5.41, 5.74) is 22.0. The maximum atomic E-state index is 6.32. The topological polar surface area (TPSA) is 72.2 Å². The fraction of sp³-hybridized carbons (Fsp3) is 0.151. The van der Waals surface area contributed by atoms with Gasteiger partial charge in [0.25, 0.3) is 0 Å². The highest BCUT2D eigenvalue weighted by molar-refractivity contribution is 8.04. The number of rotatable bonds is 4. The molecule has 6 aromatic rings. The van der Waals surface area contributed by atoms with Crippen LogP contribution in [0.3, 0.4) is 0 Å². The number of para-hydroxylation sites is 1. The number of nitrogens with one attached hydrogen (secondary N) is 1. The van der Waals surface area contributed by atoms with E-state index < -0.39 is 0 Å². The summed E-state index contributed by atoms with van der Waals surface area (Å²) in [4.78, 5) is 1.38. The van der Waals surface area contributed by atoms with Crippen molar-refractivity contribution in [3.05, 3.63) is 208 Å². The lowest BCUT2D eigenvalue weighted by atomic mass is 9.69. The van der Waals surface area contributed by atoms with Crippen LogP contribution in [0.5, 0.6) is 5.75 Å². The summed E-state index contributed by atoms with van der Waals surface area (Å²) in [6.45, 7) is 13.4. The Morgan fingerprint density at radius 3 is 2.33 bits per heavy atom. The Morgan fingerprint density at radius 2 is 1.55 bits per heavy atom. The molecule has 3 heterocycles. The molecule has 0 saturated heterocycles. The minimum absolute atomic E-state index is 0.101. The maximum Gasteiger partial charge on any atom is 0.135 e. The third kappa shape index (κ3) is 6.95. The second-order valence-electron chi connectivity index (χ2n) is 14.9.